The normalized spacial score (nSPS) is 29.0. The van der Waals surface area contributed by atoms with Gasteiger partial charge in [0.05, 0.1) is 0 Å². The van der Waals surface area contributed by atoms with Crippen molar-refractivity contribution in [2.45, 2.75) is 44.9 Å². The zero-order valence-corrected chi connectivity index (χ0v) is 10.9. The van der Waals surface area contributed by atoms with E-state index < -0.39 is 0 Å². The minimum Gasteiger partial charge on any atom is -0.354 e. The molecule has 100 valence electrons. The molecule has 0 unspecified atom stereocenters. The van der Waals surface area contributed by atoms with E-state index in [-0.39, 0.29) is 17.7 Å². The Labute approximate surface area is 108 Å². The smallest absolute Gasteiger partial charge is 0.223 e. The van der Waals surface area contributed by atoms with Gasteiger partial charge in [-0.25, -0.2) is 0 Å². The maximum Gasteiger partial charge on any atom is 0.223 e. The lowest BCUT2D eigenvalue weighted by Gasteiger charge is -2.27. The number of amides is 2. The minimum absolute atomic E-state index is 0.221. The molecular weight excluding hydrogens is 228 g/mol. The molecule has 4 heteroatoms. The van der Waals surface area contributed by atoms with Gasteiger partial charge in [-0.1, -0.05) is 6.42 Å². The molecule has 2 aliphatic carbocycles. The van der Waals surface area contributed by atoms with Crippen molar-refractivity contribution in [1.29, 1.82) is 0 Å². The van der Waals surface area contributed by atoms with Crippen molar-refractivity contribution >= 4 is 11.8 Å². The number of hydrogen-bond donors (Lipinski definition) is 1. The summed E-state index contributed by atoms with van der Waals surface area (Å²) in [6.07, 6.45) is 7.69. The Morgan fingerprint density at radius 3 is 2.78 bits per heavy atom. The highest BCUT2D eigenvalue weighted by molar-refractivity contribution is 5.83. The van der Waals surface area contributed by atoms with Gasteiger partial charge in [0.15, 0.2) is 0 Å². The van der Waals surface area contributed by atoms with Crippen LogP contribution in [0.2, 0.25) is 0 Å². The molecule has 1 aliphatic heterocycles. The van der Waals surface area contributed by atoms with Crippen molar-refractivity contribution in [3.63, 3.8) is 0 Å². The topological polar surface area (TPSA) is 49.4 Å². The first-order valence-electron chi connectivity index (χ1n) is 7.27. The van der Waals surface area contributed by atoms with Gasteiger partial charge in [-0.3, -0.25) is 9.59 Å². The van der Waals surface area contributed by atoms with Crippen LogP contribution in [0.3, 0.4) is 0 Å². The van der Waals surface area contributed by atoms with E-state index in [9.17, 15) is 9.59 Å². The highest BCUT2D eigenvalue weighted by Crippen LogP contribution is 2.65. The Morgan fingerprint density at radius 1 is 1.33 bits per heavy atom. The van der Waals surface area contributed by atoms with Crippen LogP contribution in [0.15, 0.2) is 0 Å². The van der Waals surface area contributed by atoms with Crippen molar-refractivity contribution in [3.8, 4) is 0 Å². The zero-order chi connectivity index (χ0) is 12.6. The van der Waals surface area contributed by atoms with E-state index in [1.807, 2.05) is 4.90 Å². The Bertz CT molecular complexity index is 363. The van der Waals surface area contributed by atoms with E-state index in [2.05, 4.69) is 5.32 Å². The summed E-state index contributed by atoms with van der Waals surface area (Å²) in [5, 5.41) is 3.00. The molecule has 1 atom stereocenters. The number of nitrogens with zero attached hydrogens (tertiary/aromatic N) is 1. The fourth-order valence-electron chi connectivity index (χ4n) is 3.44. The van der Waals surface area contributed by atoms with Gasteiger partial charge < -0.3 is 10.2 Å². The molecule has 0 bridgehead atoms. The van der Waals surface area contributed by atoms with Crippen LogP contribution >= 0.6 is 0 Å². The summed E-state index contributed by atoms with van der Waals surface area (Å²) in [4.78, 5) is 25.4. The Hall–Kier alpha value is -1.06. The third-order valence-corrected chi connectivity index (χ3v) is 4.96. The minimum atomic E-state index is 0.221. The molecule has 0 radical (unpaired) electrons. The number of carbonyl (C=O) groups excluding carboxylic acids is 2. The van der Waals surface area contributed by atoms with Crippen LogP contribution < -0.4 is 5.32 Å². The highest BCUT2D eigenvalue weighted by atomic mass is 16.2. The van der Waals surface area contributed by atoms with E-state index in [1.165, 1.54) is 19.3 Å². The van der Waals surface area contributed by atoms with Gasteiger partial charge in [-0.15, -0.1) is 0 Å². The summed E-state index contributed by atoms with van der Waals surface area (Å²) >= 11 is 0. The molecule has 0 aromatic heterocycles. The fourth-order valence-corrected chi connectivity index (χ4v) is 3.44. The summed E-state index contributed by atoms with van der Waals surface area (Å²) in [7, 11) is 0. The molecule has 1 N–H and O–H groups in total. The summed E-state index contributed by atoms with van der Waals surface area (Å²) < 4.78 is 0. The maximum absolute atomic E-state index is 11.9. The molecule has 2 amide bonds. The van der Waals surface area contributed by atoms with Crippen LogP contribution in [0.25, 0.3) is 0 Å². The molecule has 1 heterocycles. The molecule has 3 aliphatic rings. The quantitative estimate of drug-likeness (QED) is 0.817. The predicted molar refractivity (Wildman–Crippen MR) is 67.8 cm³/mol. The van der Waals surface area contributed by atoms with Gasteiger partial charge in [-0.05, 0) is 37.5 Å². The molecule has 1 saturated heterocycles. The van der Waals surface area contributed by atoms with E-state index in [1.54, 1.807) is 0 Å². The molecular formula is C14H22N2O2. The molecule has 2 saturated carbocycles. The maximum atomic E-state index is 11.9. The van der Waals surface area contributed by atoms with E-state index in [4.69, 9.17) is 0 Å². The van der Waals surface area contributed by atoms with Crippen LogP contribution in [-0.2, 0) is 9.59 Å². The number of nitrogens with one attached hydrogen (secondary N) is 1. The van der Waals surface area contributed by atoms with E-state index in [0.29, 0.717) is 24.9 Å². The number of hydrogen-bond acceptors (Lipinski definition) is 2. The second-order valence-electron chi connectivity index (χ2n) is 6.10. The van der Waals surface area contributed by atoms with Gasteiger partial charge in [0.2, 0.25) is 11.8 Å². The summed E-state index contributed by atoms with van der Waals surface area (Å²) in [5.74, 6) is 0.750. The van der Waals surface area contributed by atoms with Gasteiger partial charge >= 0.3 is 0 Å². The monoisotopic (exact) mass is 250 g/mol. The average molecular weight is 250 g/mol. The first-order chi connectivity index (χ1) is 8.71. The summed E-state index contributed by atoms with van der Waals surface area (Å²) in [6, 6.07) is 0. The lowest BCUT2D eigenvalue weighted by molar-refractivity contribution is -0.133. The van der Waals surface area contributed by atoms with Crippen LogP contribution in [-0.4, -0.2) is 36.3 Å². The standard InChI is InChI=1S/C14H22N2O2/c17-12-4-1-2-8-16(12)9-7-15-13(18)11-10-14(11)5-3-6-14/h11H,1-10H2,(H,15,18)/t11-/m0/s1. The van der Waals surface area contributed by atoms with Gasteiger partial charge in [0.25, 0.3) is 0 Å². The fraction of sp³-hybridized carbons (Fsp3) is 0.857. The molecule has 3 fully saturated rings. The Morgan fingerprint density at radius 2 is 2.17 bits per heavy atom. The number of rotatable bonds is 4. The number of likely N-dealkylation sites (tertiary alicyclic amines) is 1. The Balaban J connectivity index is 1.37. The average Bonchev–Trinajstić information content (AvgIpc) is 3.07. The molecule has 18 heavy (non-hydrogen) atoms. The zero-order valence-electron chi connectivity index (χ0n) is 10.9. The second-order valence-corrected chi connectivity index (χ2v) is 6.10. The Kier molecular flexibility index (Phi) is 3.04. The van der Waals surface area contributed by atoms with E-state index in [0.717, 1.165) is 25.8 Å². The van der Waals surface area contributed by atoms with Crippen molar-refractivity contribution in [2.75, 3.05) is 19.6 Å². The third-order valence-electron chi connectivity index (χ3n) is 4.96. The molecule has 3 rings (SSSR count). The molecule has 0 aromatic carbocycles. The summed E-state index contributed by atoms with van der Waals surface area (Å²) in [5.41, 5.74) is 0.408. The lowest BCUT2D eigenvalue weighted by Crippen LogP contribution is -2.41. The number of piperidine rings is 1. The predicted octanol–water partition coefficient (Wildman–Crippen LogP) is 1.31. The second kappa shape index (κ2) is 4.56. The summed E-state index contributed by atoms with van der Waals surface area (Å²) in [6.45, 7) is 2.17. The van der Waals surface area contributed by atoms with Crippen molar-refractivity contribution in [2.24, 2.45) is 11.3 Å². The van der Waals surface area contributed by atoms with Gasteiger partial charge in [0.1, 0.15) is 0 Å². The first kappa shape index (κ1) is 12.0. The van der Waals surface area contributed by atoms with Crippen LogP contribution in [0.5, 0.6) is 0 Å². The number of carbonyl (C=O) groups is 2. The van der Waals surface area contributed by atoms with Gasteiger partial charge in [-0.2, -0.15) is 0 Å². The first-order valence-corrected chi connectivity index (χ1v) is 7.27. The lowest BCUT2D eigenvalue weighted by atomic mass is 9.80. The van der Waals surface area contributed by atoms with Crippen molar-refractivity contribution in [1.82, 2.24) is 10.2 Å². The SMILES string of the molecule is O=C(NCCN1CCCCC1=O)[C@@H]1CC12CCC2. The molecule has 1 spiro atoms. The van der Waals surface area contributed by atoms with Crippen LogP contribution in [0, 0.1) is 11.3 Å². The molecule has 4 nitrogen and oxygen atoms in total. The third kappa shape index (κ3) is 2.13. The molecule has 0 aromatic rings. The highest BCUT2D eigenvalue weighted by Gasteiger charge is 2.60. The van der Waals surface area contributed by atoms with Crippen molar-refractivity contribution < 1.29 is 9.59 Å². The van der Waals surface area contributed by atoms with Crippen LogP contribution in [0.4, 0.5) is 0 Å². The van der Waals surface area contributed by atoms with E-state index >= 15 is 0 Å². The van der Waals surface area contributed by atoms with Crippen molar-refractivity contribution in [3.05, 3.63) is 0 Å². The van der Waals surface area contributed by atoms with Gasteiger partial charge in [0, 0.05) is 32.0 Å². The van der Waals surface area contributed by atoms with Crippen LogP contribution in [0.1, 0.15) is 44.9 Å². The largest absolute Gasteiger partial charge is 0.354 e.